The van der Waals surface area contributed by atoms with Crippen LogP contribution in [-0.4, -0.2) is 14.8 Å². The number of rotatable bonds is 3. The number of hydrogen-bond acceptors (Lipinski definition) is 2. The first-order chi connectivity index (χ1) is 6.45. The normalized spacial score (nSPS) is 10.2. The van der Waals surface area contributed by atoms with Gasteiger partial charge >= 0.3 is 0 Å². The summed E-state index contributed by atoms with van der Waals surface area (Å²) in [6, 6.07) is 10.3. The predicted molar refractivity (Wildman–Crippen MR) is 49.0 cm³/mol. The number of benzene rings is 1. The fourth-order valence-electron chi connectivity index (χ4n) is 1.20. The van der Waals surface area contributed by atoms with Gasteiger partial charge in [0.25, 0.3) is 0 Å². The second kappa shape index (κ2) is 3.85. The van der Waals surface area contributed by atoms with E-state index in [1.165, 1.54) is 5.56 Å². The number of aryl methyl sites for hydroxylation is 2. The van der Waals surface area contributed by atoms with Crippen molar-refractivity contribution in [1.29, 1.82) is 0 Å². The molecule has 1 aromatic heterocycles. The number of aromatic nitrogens is 3. The van der Waals surface area contributed by atoms with E-state index in [0.717, 1.165) is 13.0 Å². The molecule has 0 unspecified atom stereocenters. The Morgan fingerprint density at radius 3 is 2.77 bits per heavy atom. The first-order valence-corrected chi connectivity index (χ1v) is 4.24. The van der Waals surface area contributed by atoms with Crippen molar-refractivity contribution in [2.24, 2.45) is 0 Å². The maximum Gasteiger partial charge on any atom is 0.201 e. The average Bonchev–Trinajstić information content (AvgIpc) is 2.69. The van der Waals surface area contributed by atoms with Gasteiger partial charge in [0, 0.05) is 6.54 Å². The van der Waals surface area contributed by atoms with Crippen LogP contribution in [0.5, 0.6) is 0 Å². The summed E-state index contributed by atoms with van der Waals surface area (Å²) >= 11 is 0. The summed E-state index contributed by atoms with van der Waals surface area (Å²) in [5, 5.41) is 7.31. The van der Waals surface area contributed by atoms with E-state index in [1.807, 2.05) is 22.8 Å². The van der Waals surface area contributed by atoms with Gasteiger partial charge in [0.05, 0.1) is 0 Å². The molecule has 2 aromatic rings. The first kappa shape index (κ1) is 7.98. The molecule has 1 heterocycles. The highest BCUT2D eigenvalue weighted by atomic mass is 15.2. The van der Waals surface area contributed by atoms with Gasteiger partial charge in [-0.25, -0.2) is 0 Å². The molecule has 1 radical (unpaired) electrons. The van der Waals surface area contributed by atoms with Crippen LogP contribution in [0.3, 0.4) is 0 Å². The highest BCUT2D eigenvalue weighted by Gasteiger charge is 1.93. The van der Waals surface area contributed by atoms with Gasteiger partial charge in [-0.3, -0.25) is 0 Å². The highest BCUT2D eigenvalue weighted by molar-refractivity contribution is 5.14. The van der Waals surface area contributed by atoms with Crippen molar-refractivity contribution < 1.29 is 0 Å². The van der Waals surface area contributed by atoms with Crippen molar-refractivity contribution >= 4 is 0 Å². The molecule has 0 spiro atoms. The Labute approximate surface area is 77.0 Å². The zero-order valence-electron chi connectivity index (χ0n) is 7.22. The molecule has 0 saturated carbocycles. The van der Waals surface area contributed by atoms with Gasteiger partial charge in [-0.15, -0.1) is 10.2 Å². The molecule has 3 heteroatoms. The zero-order chi connectivity index (χ0) is 8.93. The van der Waals surface area contributed by atoms with E-state index < -0.39 is 0 Å². The molecule has 0 bridgehead atoms. The van der Waals surface area contributed by atoms with Crippen LogP contribution in [0.2, 0.25) is 0 Å². The standard InChI is InChI=1S/C10H10N3/c1-2-4-10(5-3-1)6-7-13-8-11-12-9-13/h1-5,8H,6-7H2. The summed E-state index contributed by atoms with van der Waals surface area (Å²) in [6.07, 6.45) is 5.44. The molecule has 0 atom stereocenters. The Hall–Kier alpha value is -1.64. The van der Waals surface area contributed by atoms with Crippen molar-refractivity contribution in [2.75, 3.05) is 0 Å². The summed E-state index contributed by atoms with van der Waals surface area (Å²) in [5.41, 5.74) is 1.32. The van der Waals surface area contributed by atoms with E-state index >= 15 is 0 Å². The first-order valence-electron chi connectivity index (χ1n) is 4.24. The molecule has 0 aliphatic heterocycles. The maximum absolute atomic E-state index is 3.69. The summed E-state index contributed by atoms with van der Waals surface area (Å²) in [7, 11) is 0. The predicted octanol–water partition coefficient (Wildman–Crippen LogP) is 1.32. The molecule has 0 amide bonds. The minimum absolute atomic E-state index is 0.886. The molecule has 0 aliphatic rings. The van der Waals surface area contributed by atoms with E-state index in [1.54, 1.807) is 6.33 Å². The van der Waals surface area contributed by atoms with Gasteiger partial charge in [-0.1, -0.05) is 30.3 Å². The summed E-state index contributed by atoms with van der Waals surface area (Å²) in [4.78, 5) is 0. The van der Waals surface area contributed by atoms with Crippen LogP contribution in [0.15, 0.2) is 36.7 Å². The van der Waals surface area contributed by atoms with Gasteiger partial charge < -0.3 is 4.57 Å². The average molecular weight is 172 g/mol. The Morgan fingerprint density at radius 2 is 2.08 bits per heavy atom. The third-order valence-electron chi connectivity index (χ3n) is 1.91. The van der Waals surface area contributed by atoms with Gasteiger partial charge in [-0.2, -0.15) is 0 Å². The Bertz CT molecular complexity index is 340. The van der Waals surface area contributed by atoms with Crippen molar-refractivity contribution in [3.05, 3.63) is 48.5 Å². The van der Waals surface area contributed by atoms with Gasteiger partial charge in [-0.05, 0) is 12.0 Å². The molecule has 3 nitrogen and oxygen atoms in total. The van der Waals surface area contributed by atoms with E-state index in [4.69, 9.17) is 0 Å². The van der Waals surface area contributed by atoms with Crippen LogP contribution >= 0.6 is 0 Å². The molecular weight excluding hydrogens is 162 g/mol. The molecule has 0 fully saturated rings. The van der Waals surface area contributed by atoms with Crippen LogP contribution in [-0.2, 0) is 13.0 Å². The van der Waals surface area contributed by atoms with E-state index in [-0.39, 0.29) is 0 Å². The lowest BCUT2D eigenvalue weighted by molar-refractivity contribution is 0.688. The Kier molecular flexibility index (Phi) is 2.36. The summed E-state index contributed by atoms with van der Waals surface area (Å²) in [6.45, 7) is 0.886. The van der Waals surface area contributed by atoms with Crippen LogP contribution in [0.25, 0.3) is 0 Å². The van der Waals surface area contributed by atoms with E-state index in [2.05, 4.69) is 28.7 Å². The molecule has 65 valence electrons. The smallest absolute Gasteiger partial charge is 0.201 e. The molecule has 0 aliphatic carbocycles. The van der Waals surface area contributed by atoms with E-state index in [0.29, 0.717) is 0 Å². The quantitative estimate of drug-likeness (QED) is 0.699. The highest BCUT2D eigenvalue weighted by Crippen LogP contribution is 2.00. The fourth-order valence-corrected chi connectivity index (χ4v) is 1.20. The lowest BCUT2D eigenvalue weighted by Crippen LogP contribution is -1.98. The molecule has 0 saturated heterocycles. The second-order valence-corrected chi connectivity index (χ2v) is 2.86. The fraction of sp³-hybridized carbons (Fsp3) is 0.200. The third kappa shape index (κ3) is 2.15. The van der Waals surface area contributed by atoms with Crippen LogP contribution in [0.1, 0.15) is 5.56 Å². The third-order valence-corrected chi connectivity index (χ3v) is 1.91. The van der Waals surface area contributed by atoms with Gasteiger partial charge in [0.1, 0.15) is 6.33 Å². The number of nitrogens with zero attached hydrogens (tertiary/aromatic N) is 3. The molecule has 1 aromatic carbocycles. The summed E-state index contributed by atoms with van der Waals surface area (Å²) in [5.74, 6) is 0. The molecule has 0 N–H and O–H groups in total. The minimum Gasteiger partial charge on any atom is -0.311 e. The van der Waals surface area contributed by atoms with Gasteiger partial charge in [0.2, 0.25) is 6.33 Å². The topological polar surface area (TPSA) is 30.7 Å². The Morgan fingerprint density at radius 1 is 1.23 bits per heavy atom. The monoisotopic (exact) mass is 172 g/mol. The Balaban J connectivity index is 1.94. The van der Waals surface area contributed by atoms with E-state index in [9.17, 15) is 0 Å². The van der Waals surface area contributed by atoms with Crippen molar-refractivity contribution in [3.63, 3.8) is 0 Å². The van der Waals surface area contributed by atoms with Crippen LogP contribution in [0.4, 0.5) is 0 Å². The van der Waals surface area contributed by atoms with Crippen molar-refractivity contribution in [1.82, 2.24) is 14.8 Å². The molecule has 2 rings (SSSR count). The SMILES string of the molecule is [c]1nncn1CCc1ccccc1. The minimum atomic E-state index is 0.886. The number of hydrogen-bond donors (Lipinski definition) is 0. The lowest BCUT2D eigenvalue weighted by Gasteiger charge is -2.00. The molecule has 13 heavy (non-hydrogen) atoms. The van der Waals surface area contributed by atoms with Crippen molar-refractivity contribution in [2.45, 2.75) is 13.0 Å². The van der Waals surface area contributed by atoms with Crippen molar-refractivity contribution in [3.8, 4) is 0 Å². The van der Waals surface area contributed by atoms with Gasteiger partial charge in [0.15, 0.2) is 0 Å². The summed E-state index contributed by atoms with van der Waals surface area (Å²) < 4.78 is 1.85. The second-order valence-electron chi connectivity index (χ2n) is 2.86. The molecular formula is C10H10N3. The van der Waals surface area contributed by atoms with Crippen LogP contribution in [0, 0.1) is 6.33 Å². The largest absolute Gasteiger partial charge is 0.311 e. The maximum atomic E-state index is 3.69. The zero-order valence-corrected chi connectivity index (χ0v) is 7.22. The lowest BCUT2D eigenvalue weighted by atomic mass is 10.1. The van der Waals surface area contributed by atoms with Crippen LogP contribution < -0.4 is 0 Å².